The van der Waals surface area contributed by atoms with Gasteiger partial charge in [-0.05, 0) is 72.8 Å². The van der Waals surface area contributed by atoms with Crippen molar-refractivity contribution >= 4 is 0 Å². The Labute approximate surface area is 193 Å². The molecule has 2 aliphatic carbocycles. The average Bonchev–Trinajstić information content (AvgIpc) is 2.67. The molecule has 172 valence electrons. The zero-order valence-electron chi connectivity index (χ0n) is 21.2. The molecular formula is C31H48. The molecule has 2 aliphatic rings. The smallest absolute Gasteiger partial charge is 0.00726 e. The van der Waals surface area contributed by atoms with Gasteiger partial charge in [-0.15, -0.1) is 0 Å². The lowest BCUT2D eigenvalue weighted by Gasteiger charge is -2.35. The zero-order valence-corrected chi connectivity index (χ0v) is 21.2. The van der Waals surface area contributed by atoms with Crippen LogP contribution >= 0.6 is 0 Å². The largest absolute Gasteiger partial charge is 0.0625 e. The van der Waals surface area contributed by atoms with Crippen molar-refractivity contribution in [3.8, 4) is 0 Å². The van der Waals surface area contributed by atoms with Crippen molar-refractivity contribution in [1.29, 1.82) is 0 Å². The fraction of sp³-hybridized carbons (Fsp3) is 0.677. The summed E-state index contributed by atoms with van der Waals surface area (Å²) in [5.41, 5.74) is 5.27. The second-order valence-electron chi connectivity index (χ2n) is 12.0. The summed E-state index contributed by atoms with van der Waals surface area (Å²) < 4.78 is 0. The Bertz CT molecular complexity index is 756. The standard InChI is InChI=1S/C31H48/c1-25-15-9-7-14-20-31(5,23-25)29-18-12-6-10-16-27(21-26(2)22-29)28-17-11-8-13-19-30(3,4)24-28/h6,10,12,16,18,21-22,25,28H,7-9,11,13-15,17,19-20,23-24H2,1-5H3. The molecule has 0 heterocycles. The van der Waals surface area contributed by atoms with E-state index in [1.165, 1.54) is 82.6 Å². The van der Waals surface area contributed by atoms with Crippen LogP contribution in [-0.4, -0.2) is 0 Å². The summed E-state index contributed by atoms with van der Waals surface area (Å²) in [6.07, 6.45) is 16.4. The van der Waals surface area contributed by atoms with Gasteiger partial charge in [0.25, 0.3) is 0 Å². The highest BCUT2D eigenvalue weighted by Crippen LogP contribution is 2.41. The Morgan fingerprint density at radius 2 is 1.45 bits per heavy atom. The lowest BCUT2D eigenvalue weighted by atomic mass is 9.70. The van der Waals surface area contributed by atoms with Crippen LogP contribution in [0.25, 0.3) is 0 Å². The number of aryl methyl sites for hydroxylation is 1. The minimum atomic E-state index is 0.296. The summed E-state index contributed by atoms with van der Waals surface area (Å²) in [5.74, 6) is 1.51. The van der Waals surface area contributed by atoms with Crippen LogP contribution in [0, 0.1) is 18.3 Å². The van der Waals surface area contributed by atoms with Crippen LogP contribution < -0.4 is 0 Å². The first-order valence-corrected chi connectivity index (χ1v) is 13.2. The Morgan fingerprint density at radius 1 is 0.742 bits per heavy atom. The van der Waals surface area contributed by atoms with Crippen LogP contribution in [0.15, 0.2) is 42.5 Å². The lowest BCUT2D eigenvalue weighted by Crippen LogP contribution is -2.26. The SMILES string of the molecule is Cc1cc(C2CCCCCC(C)(C)C2)cccccc(C2(C)CCCCCC(C)C2)c1. The predicted octanol–water partition coefficient (Wildman–Crippen LogP) is 9.83. The van der Waals surface area contributed by atoms with E-state index < -0.39 is 0 Å². The zero-order chi connectivity index (χ0) is 22.3. The highest BCUT2D eigenvalue weighted by molar-refractivity contribution is 5.30. The monoisotopic (exact) mass is 420 g/mol. The van der Waals surface area contributed by atoms with Crippen LogP contribution in [0.3, 0.4) is 0 Å². The average molecular weight is 421 g/mol. The van der Waals surface area contributed by atoms with Gasteiger partial charge in [0.1, 0.15) is 0 Å². The minimum Gasteiger partial charge on any atom is -0.0625 e. The van der Waals surface area contributed by atoms with Crippen molar-refractivity contribution in [1.82, 2.24) is 0 Å². The summed E-state index contributed by atoms with van der Waals surface area (Å²) in [4.78, 5) is 0. The van der Waals surface area contributed by atoms with Crippen molar-refractivity contribution in [2.24, 2.45) is 11.3 Å². The van der Waals surface area contributed by atoms with Crippen LogP contribution in [0.2, 0.25) is 0 Å². The van der Waals surface area contributed by atoms with E-state index in [1.54, 1.807) is 11.1 Å². The van der Waals surface area contributed by atoms with Gasteiger partial charge >= 0.3 is 0 Å². The molecule has 1 aromatic carbocycles. The van der Waals surface area contributed by atoms with E-state index >= 15 is 0 Å². The summed E-state index contributed by atoms with van der Waals surface area (Å²) in [6, 6.07) is 16.7. The van der Waals surface area contributed by atoms with Gasteiger partial charge in [-0.1, -0.05) is 121 Å². The summed E-state index contributed by atoms with van der Waals surface area (Å²) >= 11 is 0. The third-order valence-electron chi connectivity index (χ3n) is 8.16. The lowest BCUT2D eigenvalue weighted by molar-refractivity contribution is 0.245. The highest BCUT2D eigenvalue weighted by atomic mass is 14.3. The van der Waals surface area contributed by atoms with Gasteiger partial charge < -0.3 is 0 Å². The summed E-state index contributed by atoms with van der Waals surface area (Å²) in [5, 5.41) is 0. The third-order valence-corrected chi connectivity index (χ3v) is 8.16. The molecule has 0 bridgehead atoms. The van der Waals surface area contributed by atoms with Gasteiger partial charge in [-0.3, -0.25) is 0 Å². The van der Waals surface area contributed by atoms with Crippen LogP contribution in [0.4, 0.5) is 0 Å². The van der Waals surface area contributed by atoms with Crippen molar-refractivity contribution in [2.75, 3.05) is 0 Å². The van der Waals surface area contributed by atoms with E-state index in [0.29, 0.717) is 16.7 Å². The van der Waals surface area contributed by atoms with Crippen molar-refractivity contribution in [3.05, 3.63) is 59.2 Å². The Balaban J connectivity index is 1.98. The first-order valence-electron chi connectivity index (χ1n) is 13.2. The third kappa shape index (κ3) is 7.37. The fourth-order valence-corrected chi connectivity index (χ4v) is 6.41. The van der Waals surface area contributed by atoms with Gasteiger partial charge in [0.05, 0.1) is 0 Å². The van der Waals surface area contributed by atoms with Crippen LogP contribution in [0.1, 0.15) is 127 Å². The maximum atomic E-state index is 2.53. The van der Waals surface area contributed by atoms with Gasteiger partial charge in [-0.25, -0.2) is 0 Å². The quantitative estimate of drug-likeness (QED) is 0.446. The van der Waals surface area contributed by atoms with E-state index in [0.717, 1.165) is 5.92 Å². The normalized spacial score (nSPS) is 29.6. The van der Waals surface area contributed by atoms with E-state index in [-0.39, 0.29) is 0 Å². The van der Waals surface area contributed by atoms with E-state index in [1.807, 2.05) is 0 Å². The molecule has 0 amide bonds. The Morgan fingerprint density at radius 3 is 2.26 bits per heavy atom. The molecule has 0 aromatic heterocycles. The first-order chi connectivity index (χ1) is 14.8. The molecule has 0 saturated heterocycles. The second kappa shape index (κ2) is 11.0. The molecule has 2 fully saturated rings. The Hall–Kier alpha value is -1.30. The molecule has 1 aromatic rings. The Kier molecular flexibility index (Phi) is 8.65. The molecule has 0 spiro atoms. The number of hydrogen-bond donors (Lipinski definition) is 0. The van der Waals surface area contributed by atoms with Crippen molar-refractivity contribution in [3.63, 3.8) is 0 Å². The highest BCUT2D eigenvalue weighted by Gasteiger charge is 2.29. The van der Waals surface area contributed by atoms with Gasteiger partial charge in [0.2, 0.25) is 0 Å². The maximum Gasteiger partial charge on any atom is -0.00726 e. The number of rotatable bonds is 2. The topological polar surface area (TPSA) is 0 Å². The molecule has 3 atom stereocenters. The fourth-order valence-electron chi connectivity index (χ4n) is 6.41. The maximum absolute atomic E-state index is 2.53. The van der Waals surface area contributed by atoms with Gasteiger partial charge in [0.15, 0.2) is 0 Å². The van der Waals surface area contributed by atoms with E-state index in [2.05, 4.69) is 77.1 Å². The summed E-state index contributed by atoms with van der Waals surface area (Å²) in [7, 11) is 0. The van der Waals surface area contributed by atoms with Crippen LogP contribution in [-0.2, 0) is 5.41 Å². The molecule has 2 saturated carbocycles. The number of hydrogen-bond acceptors (Lipinski definition) is 0. The minimum absolute atomic E-state index is 0.296. The molecule has 31 heavy (non-hydrogen) atoms. The van der Waals surface area contributed by atoms with E-state index in [9.17, 15) is 0 Å². The van der Waals surface area contributed by atoms with E-state index in [4.69, 9.17) is 0 Å². The van der Waals surface area contributed by atoms with Gasteiger partial charge in [0, 0.05) is 0 Å². The van der Waals surface area contributed by atoms with Crippen molar-refractivity contribution < 1.29 is 0 Å². The molecule has 0 nitrogen and oxygen atoms in total. The van der Waals surface area contributed by atoms with Crippen molar-refractivity contribution in [2.45, 2.75) is 123 Å². The molecule has 0 aliphatic heterocycles. The van der Waals surface area contributed by atoms with Gasteiger partial charge in [-0.2, -0.15) is 0 Å². The summed E-state index contributed by atoms with van der Waals surface area (Å²) in [6.45, 7) is 12.3. The van der Waals surface area contributed by atoms with Crippen LogP contribution in [0.5, 0.6) is 0 Å². The molecular weight excluding hydrogens is 372 g/mol. The molecule has 0 heteroatoms. The second-order valence-corrected chi connectivity index (χ2v) is 12.0. The molecule has 0 N–H and O–H groups in total. The molecule has 3 rings (SSSR count). The predicted molar refractivity (Wildman–Crippen MR) is 137 cm³/mol. The molecule has 3 unspecified atom stereocenters. The first kappa shape index (κ1) is 24.3. The molecule has 0 radical (unpaired) electrons.